The highest BCUT2D eigenvalue weighted by Crippen LogP contribution is 2.46. The van der Waals surface area contributed by atoms with Crippen molar-refractivity contribution in [3.63, 3.8) is 0 Å². The van der Waals surface area contributed by atoms with Gasteiger partial charge in [0.25, 0.3) is 15.9 Å². The summed E-state index contributed by atoms with van der Waals surface area (Å²) in [7, 11) is -4.10. The van der Waals surface area contributed by atoms with Gasteiger partial charge >= 0.3 is 5.00 Å². The van der Waals surface area contributed by atoms with Crippen LogP contribution in [0.15, 0.2) is 76.7 Å². The first-order chi connectivity index (χ1) is 17.3. The summed E-state index contributed by atoms with van der Waals surface area (Å²) in [5.74, 6) is -0.686. The van der Waals surface area contributed by atoms with Crippen molar-refractivity contribution in [2.75, 3.05) is 10.8 Å². The molecule has 0 unspecified atom stereocenters. The molecule has 3 heterocycles. The van der Waals surface area contributed by atoms with Gasteiger partial charge in [-0.2, -0.15) is 10.2 Å². The molecule has 11 nitrogen and oxygen atoms in total. The fourth-order valence-corrected chi connectivity index (χ4v) is 6.26. The smallest absolute Gasteiger partial charge is 0.275 e. The lowest BCUT2D eigenvalue weighted by molar-refractivity contribution is -0.380. The number of anilines is 1. The Morgan fingerprint density at radius 1 is 1.14 bits per heavy atom. The predicted molar refractivity (Wildman–Crippen MR) is 135 cm³/mol. The maximum atomic E-state index is 13.6. The van der Waals surface area contributed by atoms with Crippen LogP contribution in [0.2, 0.25) is 0 Å². The number of aromatic nitrogens is 2. The second kappa shape index (κ2) is 9.02. The van der Waals surface area contributed by atoms with Crippen LogP contribution in [0.5, 0.6) is 0 Å². The third-order valence-corrected chi connectivity index (χ3v) is 8.48. The van der Waals surface area contributed by atoms with Crippen molar-refractivity contribution in [2.24, 2.45) is 5.10 Å². The fourth-order valence-electron chi connectivity index (χ4n) is 3.85. The monoisotopic (exact) mass is 522 g/mol. The van der Waals surface area contributed by atoms with Crippen LogP contribution in [0.4, 0.5) is 10.7 Å². The van der Waals surface area contributed by atoms with Crippen molar-refractivity contribution >= 4 is 43.7 Å². The minimum atomic E-state index is -4.10. The van der Waals surface area contributed by atoms with Gasteiger partial charge < -0.3 is 0 Å². The van der Waals surface area contributed by atoms with Crippen LogP contribution in [-0.4, -0.2) is 41.7 Å². The van der Waals surface area contributed by atoms with E-state index in [0.29, 0.717) is 33.1 Å². The van der Waals surface area contributed by atoms with Crippen LogP contribution in [0.25, 0.3) is 22.5 Å². The molecule has 1 aliphatic rings. The fraction of sp³-hybridized carbons (Fsp3) is 0.0870. The lowest BCUT2D eigenvalue weighted by Crippen LogP contribution is -2.41. The van der Waals surface area contributed by atoms with Gasteiger partial charge in [0.2, 0.25) is 0 Å². The Hall–Kier alpha value is -4.36. The van der Waals surface area contributed by atoms with E-state index in [0.717, 1.165) is 15.6 Å². The Balaban J connectivity index is 1.49. The van der Waals surface area contributed by atoms with Gasteiger partial charge in [-0.3, -0.25) is 24.3 Å². The summed E-state index contributed by atoms with van der Waals surface area (Å²) in [6.07, 6.45) is 0. The van der Waals surface area contributed by atoms with Crippen LogP contribution < -0.4 is 9.73 Å². The first-order valence-electron chi connectivity index (χ1n) is 10.6. The third kappa shape index (κ3) is 4.03. The average Bonchev–Trinajstić information content (AvgIpc) is 3.54. The second-order valence-corrected chi connectivity index (χ2v) is 10.7. The van der Waals surface area contributed by atoms with Crippen LogP contribution in [0.3, 0.4) is 0 Å². The first-order valence-corrected chi connectivity index (χ1v) is 12.9. The molecule has 0 spiro atoms. The van der Waals surface area contributed by atoms with Crippen molar-refractivity contribution in [2.45, 2.75) is 11.8 Å². The highest BCUT2D eigenvalue weighted by Gasteiger charge is 2.39. The zero-order valence-corrected chi connectivity index (χ0v) is 20.3. The number of nitro groups is 1. The van der Waals surface area contributed by atoms with E-state index >= 15 is 0 Å². The Kier molecular flexibility index (Phi) is 5.86. The largest absolute Gasteiger partial charge is 0.324 e. The van der Waals surface area contributed by atoms with Crippen molar-refractivity contribution in [1.82, 2.24) is 15.6 Å². The molecule has 0 saturated carbocycles. The molecule has 1 amide bonds. The molecule has 0 saturated heterocycles. The quantitative estimate of drug-likeness (QED) is 0.224. The SMILES string of the molecule is C/C(=N\NC(=O)CN1c2c(-c3ccccc3)n[nH]c2-c2ccccc2S1(=O)=O)c1ccc([N+](=O)[O-])s1. The number of rotatable bonds is 6. The number of benzene rings is 2. The normalized spacial score (nSPS) is 14.1. The molecule has 182 valence electrons. The molecule has 36 heavy (non-hydrogen) atoms. The van der Waals surface area contributed by atoms with Gasteiger partial charge in [0, 0.05) is 17.2 Å². The molecule has 0 fully saturated rings. The molecule has 13 heteroatoms. The molecule has 2 aromatic heterocycles. The van der Waals surface area contributed by atoms with Crippen molar-refractivity contribution in [1.29, 1.82) is 0 Å². The van der Waals surface area contributed by atoms with Crippen molar-refractivity contribution in [3.05, 3.63) is 81.7 Å². The zero-order chi connectivity index (χ0) is 25.4. The summed E-state index contributed by atoms with van der Waals surface area (Å²) < 4.78 is 28.3. The molecule has 0 radical (unpaired) electrons. The van der Waals surface area contributed by atoms with Crippen molar-refractivity contribution < 1.29 is 18.1 Å². The number of carbonyl (C=O) groups is 1. The molecule has 1 aliphatic heterocycles. The van der Waals surface area contributed by atoms with Gasteiger partial charge in [-0.05, 0) is 19.1 Å². The lowest BCUT2D eigenvalue weighted by atomic mass is 10.1. The van der Waals surface area contributed by atoms with Gasteiger partial charge in [-0.15, -0.1) is 0 Å². The Bertz CT molecular complexity index is 1610. The van der Waals surface area contributed by atoms with E-state index in [1.165, 1.54) is 18.2 Å². The van der Waals surface area contributed by atoms with Gasteiger partial charge in [0.1, 0.15) is 17.9 Å². The second-order valence-electron chi connectivity index (χ2n) is 7.80. The van der Waals surface area contributed by atoms with Crippen LogP contribution in [0, 0.1) is 10.1 Å². The minimum Gasteiger partial charge on any atom is -0.275 e. The highest BCUT2D eigenvalue weighted by atomic mass is 32.2. The number of sulfonamides is 1. The molecule has 0 bridgehead atoms. The number of nitrogens with zero attached hydrogens (tertiary/aromatic N) is 4. The molecule has 0 aliphatic carbocycles. The molecule has 4 aromatic rings. The summed E-state index contributed by atoms with van der Waals surface area (Å²) in [6.45, 7) is 1.04. The minimum absolute atomic E-state index is 0.0510. The zero-order valence-electron chi connectivity index (χ0n) is 18.7. The number of nitrogens with one attached hydrogen (secondary N) is 2. The van der Waals surface area contributed by atoms with Gasteiger partial charge in [0.05, 0.1) is 26.1 Å². The van der Waals surface area contributed by atoms with Crippen LogP contribution >= 0.6 is 11.3 Å². The predicted octanol–water partition coefficient (Wildman–Crippen LogP) is 3.76. The lowest BCUT2D eigenvalue weighted by Gasteiger charge is -2.29. The Labute approximate surface area is 209 Å². The molecular formula is C23H18N6O5S2. The molecular weight excluding hydrogens is 504 g/mol. The number of hydrogen-bond donors (Lipinski definition) is 2. The first kappa shape index (κ1) is 23.4. The molecule has 0 atom stereocenters. The number of thiophene rings is 1. The Morgan fingerprint density at radius 3 is 2.58 bits per heavy atom. The van der Waals surface area contributed by atoms with E-state index < -0.39 is 27.4 Å². The van der Waals surface area contributed by atoms with Crippen LogP contribution in [-0.2, 0) is 14.8 Å². The molecule has 2 N–H and O–H groups in total. The number of fused-ring (bicyclic) bond motifs is 3. The van der Waals surface area contributed by atoms with Gasteiger partial charge in [-0.25, -0.2) is 13.8 Å². The molecule has 2 aromatic carbocycles. The Morgan fingerprint density at radius 2 is 1.86 bits per heavy atom. The van der Waals surface area contributed by atoms with Gasteiger partial charge in [0.15, 0.2) is 0 Å². The molecule has 5 rings (SSSR count). The maximum absolute atomic E-state index is 13.6. The van der Waals surface area contributed by atoms with E-state index in [1.54, 1.807) is 37.3 Å². The summed E-state index contributed by atoms with van der Waals surface area (Å²) in [5, 5.41) is 22.2. The van der Waals surface area contributed by atoms with E-state index in [2.05, 4.69) is 20.7 Å². The summed E-state index contributed by atoms with van der Waals surface area (Å²) in [4.78, 5) is 23.8. The third-order valence-electron chi connectivity index (χ3n) is 5.53. The standard InChI is InChI=1S/C23H18N6O5S2/c1-14(17-11-12-20(35-17)29(31)32)24-25-19(30)13-28-23-21(15-7-3-2-4-8-15)26-27-22(23)16-9-5-6-10-18(16)36(28,33)34/h2-12H,13H2,1H3,(H,25,30)(H,26,27)/b24-14+. The van der Waals surface area contributed by atoms with Crippen LogP contribution in [0.1, 0.15) is 11.8 Å². The summed E-state index contributed by atoms with van der Waals surface area (Å²) >= 11 is 0.920. The number of carbonyl (C=O) groups excluding carboxylic acids is 1. The topological polar surface area (TPSA) is 151 Å². The van der Waals surface area contributed by atoms with E-state index in [4.69, 9.17) is 0 Å². The highest BCUT2D eigenvalue weighted by molar-refractivity contribution is 7.93. The van der Waals surface area contributed by atoms with E-state index in [-0.39, 0.29) is 15.6 Å². The number of H-pyrrole nitrogens is 1. The van der Waals surface area contributed by atoms with E-state index in [1.807, 2.05) is 18.2 Å². The number of amides is 1. The maximum Gasteiger partial charge on any atom is 0.324 e. The number of aromatic amines is 1. The number of hydrazone groups is 1. The summed E-state index contributed by atoms with van der Waals surface area (Å²) in [6, 6.07) is 18.5. The average molecular weight is 523 g/mol. The summed E-state index contributed by atoms with van der Waals surface area (Å²) in [5.41, 5.74) is 5.00. The van der Waals surface area contributed by atoms with E-state index in [9.17, 15) is 23.3 Å². The van der Waals surface area contributed by atoms with Crippen molar-refractivity contribution in [3.8, 4) is 22.5 Å². The number of hydrogen-bond acceptors (Lipinski definition) is 8. The van der Waals surface area contributed by atoms with Gasteiger partial charge in [-0.1, -0.05) is 59.9 Å².